The van der Waals surface area contributed by atoms with Crippen LogP contribution in [0.2, 0.25) is 5.02 Å². The molecule has 0 bridgehead atoms. The van der Waals surface area contributed by atoms with Crippen molar-refractivity contribution in [3.05, 3.63) is 64.7 Å². The summed E-state index contributed by atoms with van der Waals surface area (Å²) < 4.78 is 6.54. The van der Waals surface area contributed by atoms with Crippen LogP contribution in [-0.4, -0.2) is 22.4 Å². The smallest absolute Gasteiger partial charge is 0.257 e. The minimum Gasteiger partial charge on any atom is -0.489 e. The van der Waals surface area contributed by atoms with Crippen LogP contribution in [0.4, 0.5) is 5.13 Å². The summed E-state index contributed by atoms with van der Waals surface area (Å²) in [6.07, 6.45) is 1.91. The number of nitrogens with zero attached hydrogens (tertiary/aromatic N) is 2. The summed E-state index contributed by atoms with van der Waals surface area (Å²) >= 11 is 8.93. The Morgan fingerprint density at radius 1 is 1.24 bits per heavy atom. The summed E-state index contributed by atoms with van der Waals surface area (Å²) in [5.41, 5.74) is 1.37. The van der Waals surface area contributed by atoms with E-state index in [1.165, 1.54) is 23.1 Å². The fourth-order valence-corrected chi connectivity index (χ4v) is 3.37. The number of amides is 1. The Morgan fingerprint density at radius 3 is 2.84 bits per heavy atom. The van der Waals surface area contributed by atoms with Crippen LogP contribution in [0.5, 0.6) is 5.75 Å². The average molecular weight is 392 g/mol. The van der Waals surface area contributed by atoms with E-state index in [1.807, 2.05) is 30.5 Å². The van der Waals surface area contributed by atoms with E-state index in [9.17, 15) is 4.79 Å². The number of carbonyl (C=O) groups excluding carboxylic acids is 1. The molecule has 0 fully saturated rings. The van der Waals surface area contributed by atoms with Crippen molar-refractivity contribution in [2.24, 2.45) is 0 Å². The SMILES string of the molecule is CSc1nnc(NC(=O)c2cccc(OCc3ccccc3Cl)c2)s1. The maximum absolute atomic E-state index is 12.3. The van der Waals surface area contributed by atoms with E-state index >= 15 is 0 Å². The standard InChI is InChI=1S/C17H14ClN3O2S2/c1-24-17-21-20-16(25-17)19-15(22)11-6-4-7-13(9-11)23-10-12-5-2-3-8-14(12)18/h2-9H,10H2,1H3,(H,19,20,22). The van der Waals surface area contributed by atoms with Crippen LogP contribution in [0.15, 0.2) is 52.9 Å². The minimum atomic E-state index is -0.257. The first-order valence-corrected chi connectivity index (χ1v) is 9.73. The van der Waals surface area contributed by atoms with Crippen LogP contribution in [0.1, 0.15) is 15.9 Å². The van der Waals surface area contributed by atoms with E-state index in [2.05, 4.69) is 15.5 Å². The van der Waals surface area contributed by atoms with Crippen LogP contribution >= 0.6 is 34.7 Å². The van der Waals surface area contributed by atoms with Crippen molar-refractivity contribution in [3.63, 3.8) is 0 Å². The third-order valence-electron chi connectivity index (χ3n) is 3.25. The highest BCUT2D eigenvalue weighted by Gasteiger charge is 2.11. The lowest BCUT2D eigenvalue weighted by Gasteiger charge is -2.09. The van der Waals surface area contributed by atoms with Crippen molar-refractivity contribution in [2.75, 3.05) is 11.6 Å². The first-order chi connectivity index (χ1) is 12.2. The fourth-order valence-electron chi connectivity index (χ4n) is 2.02. The van der Waals surface area contributed by atoms with E-state index in [0.717, 1.165) is 9.90 Å². The molecule has 0 aliphatic rings. The summed E-state index contributed by atoms with van der Waals surface area (Å²) in [7, 11) is 0. The quantitative estimate of drug-likeness (QED) is 0.485. The fraction of sp³-hybridized carbons (Fsp3) is 0.118. The van der Waals surface area contributed by atoms with E-state index in [4.69, 9.17) is 16.3 Å². The molecule has 0 aliphatic heterocycles. The molecule has 1 aromatic heterocycles. The van der Waals surface area contributed by atoms with Gasteiger partial charge in [-0.1, -0.05) is 59.0 Å². The van der Waals surface area contributed by atoms with Crippen LogP contribution in [0, 0.1) is 0 Å². The van der Waals surface area contributed by atoms with Gasteiger partial charge in [-0.3, -0.25) is 10.1 Å². The molecule has 3 aromatic rings. The van der Waals surface area contributed by atoms with Gasteiger partial charge in [0.15, 0.2) is 4.34 Å². The van der Waals surface area contributed by atoms with Crippen molar-refractivity contribution in [1.82, 2.24) is 10.2 Å². The van der Waals surface area contributed by atoms with Crippen molar-refractivity contribution in [1.29, 1.82) is 0 Å². The Balaban J connectivity index is 1.66. The number of thioether (sulfide) groups is 1. The highest BCUT2D eigenvalue weighted by molar-refractivity contribution is 8.00. The normalized spacial score (nSPS) is 10.5. The summed E-state index contributed by atoms with van der Waals surface area (Å²) in [5, 5.41) is 11.7. The Hall–Kier alpha value is -2.09. The van der Waals surface area contributed by atoms with Crippen molar-refractivity contribution in [2.45, 2.75) is 10.9 Å². The third kappa shape index (κ3) is 4.72. The predicted octanol–water partition coefficient (Wildman–Crippen LogP) is 4.74. The van der Waals surface area contributed by atoms with Gasteiger partial charge in [0, 0.05) is 16.1 Å². The Kier molecular flexibility index (Phi) is 5.91. The number of hydrogen-bond donors (Lipinski definition) is 1. The number of carbonyl (C=O) groups is 1. The zero-order valence-electron chi connectivity index (χ0n) is 13.2. The molecular formula is C17H14ClN3O2S2. The van der Waals surface area contributed by atoms with Crippen LogP contribution in [0.25, 0.3) is 0 Å². The number of hydrogen-bond acceptors (Lipinski definition) is 6. The van der Waals surface area contributed by atoms with E-state index in [1.54, 1.807) is 24.3 Å². The van der Waals surface area contributed by atoms with Gasteiger partial charge in [-0.2, -0.15) is 0 Å². The zero-order chi connectivity index (χ0) is 17.6. The zero-order valence-corrected chi connectivity index (χ0v) is 15.6. The molecule has 1 amide bonds. The molecule has 1 heterocycles. The summed E-state index contributed by atoms with van der Waals surface area (Å²) in [6, 6.07) is 14.4. The molecule has 3 rings (SSSR count). The molecule has 2 aromatic carbocycles. The number of aromatic nitrogens is 2. The maximum atomic E-state index is 12.3. The largest absolute Gasteiger partial charge is 0.489 e. The Morgan fingerprint density at radius 2 is 2.08 bits per heavy atom. The number of anilines is 1. The highest BCUT2D eigenvalue weighted by Crippen LogP contribution is 2.24. The minimum absolute atomic E-state index is 0.257. The molecule has 0 saturated heterocycles. The molecule has 0 saturated carbocycles. The second-order valence-electron chi connectivity index (χ2n) is 4.94. The second-order valence-corrected chi connectivity index (χ2v) is 7.38. The topological polar surface area (TPSA) is 64.1 Å². The molecule has 0 radical (unpaired) electrons. The molecule has 25 heavy (non-hydrogen) atoms. The molecule has 0 atom stereocenters. The lowest BCUT2D eigenvalue weighted by molar-refractivity contribution is 0.102. The summed E-state index contributed by atoms with van der Waals surface area (Å²) in [5.74, 6) is 0.335. The van der Waals surface area contributed by atoms with Gasteiger partial charge in [-0.25, -0.2) is 0 Å². The highest BCUT2D eigenvalue weighted by atomic mass is 35.5. The molecule has 128 valence electrons. The van der Waals surface area contributed by atoms with Crippen LogP contribution < -0.4 is 10.1 Å². The maximum Gasteiger partial charge on any atom is 0.257 e. The number of benzene rings is 2. The van der Waals surface area contributed by atoms with Gasteiger partial charge in [0.05, 0.1) is 0 Å². The summed E-state index contributed by atoms with van der Waals surface area (Å²) in [6.45, 7) is 0.332. The third-order valence-corrected chi connectivity index (χ3v) is 5.43. The molecule has 0 unspecified atom stereocenters. The van der Waals surface area contributed by atoms with Gasteiger partial charge < -0.3 is 4.74 Å². The van der Waals surface area contributed by atoms with Gasteiger partial charge in [0.2, 0.25) is 5.13 Å². The first kappa shape index (κ1) is 17.7. The molecule has 5 nitrogen and oxygen atoms in total. The second kappa shape index (κ2) is 8.33. The lowest BCUT2D eigenvalue weighted by Crippen LogP contribution is -2.11. The number of halogens is 1. The molecular weight excluding hydrogens is 378 g/mol. The predicted molar refractivity (Wildman–Crippen MR) is 102 cm³/mol. The summed E-state index contributed by atoms with van der Waals surface area (Å²) in [4.78, 5) is 12.3. The van der Waals surface area contributed by atoms with E-state index in [-0.39, 0.29) is 5.91 Å². The molecule has 8 heteroatoms. The van der Waals surface area contributed by atoms with Gasteiger partial charge >= 0.3 is 0 Å². The average Bonchev–Trinajstić information content (AvgIpc) is 3.09. The van der Waals surface area contributed by atoms with E-state index in [0.29, 0.717) is 28.1 Å². The molecule has 0 aliphatic carbocycles. The lowest BCUT2D eigenvalue weighted by atomic mass is 10.2. The van der Waals surface area contributed by atoms with Gasteiger partial charge in [0.1, 0.15) is 12.4 Å². The van der Waals surface area contributed by atoms with E-state index < -0.39 is 0 Å². The van der Waals surface area contributed by atoms with Gasteiger partial charge in [-0.15, -0.1) is 10.2 Å². The monoisotopic (exact) mass is 391 g/mol. The Labute approximate surface area is 158 Å². The van der Waals surface area contributed by atoms with Gasteiger partial charge in [0.25, 0.3) is 5.91 Å². The number of ether oxygens (including phenoxy) is 1. The van der Waals surface area contributed by atoms with Crippen molar-refractivity contribution in [3.8, 4) is 5.75 Å². The van der Waals surface area contributed by atoms with Crippen molar-refractivity contribution < 1.29 is 9.53 Å². The number of rotatable bonds is 6. The first-order valence-electron chi connectivity index (χ1n) is 7.31. The molecule has 1 N–H and O–H groups in total. The Bertz CT molecular complexity index is 886. The molecule has 0 spiro atoms. The van der Waals surface area contributed by atoms with Crippen molar-refractivity contribution >= 4 is 45.7 Å². The van der Waals surface area contributed by atoms with Crippen LogP contribution in [0.3, 0.4) is 0 Å². The van der Waals surface area contributed by atoms with Crippen LogP contribution in [-0.2, 0) is 6.61 Å². The van der Waals surface area contributed by atoms with Gasteiger partial charge in [-0.05, 0) is 30.5 Å². The number of nitrogens with one attached hydrogen (secondary N) is 1.